The highest BCUT2D eigenvalue weighted by atomic mass is 19.3. The fraction of sp³-hybridized carbons (Fsp3) is 0.560. The zero-order chi connectivity index (χ0) is 24.5. The van der Waals surface area contributed by atoms with E-state index >= 15 is 0 Å². The average molecular weight is 475 g/mol. The van der Waals surface area contributed by atoms with E-state index in [2.05, 4.69) is 20.6 Å². The van der Waals surface area contributed by atoms with Crippen molar-refractivity contribution >= 4 is 11.7 Å². The van der Waals surface area contributed by atoms with Gasteiger partial charge < -0.3 is 20.1 Å². The number of rotatable bonds is 9. The molecule has 1 aliphatic heterocycles. The maximum Gasteiger partial charge on any atom is 0.264 e. The molecular formula is C25H32F2N4O3. The first-order valence-electron chi connectivity index (χ1n) is 11.8. The van der Waals surface area contributed by atoms with Crippen LogP contribution in [0.4, 0.5) is 14.6 Å². The molecule has 1 aromatic heterocycles. The Morgan fingerprint density at radius 1 is 1.18 bits per heavy atom. The van der Waals surface area contributed by atoms with Crippen molar-refractivity contribution in [3.8, 4) is 0 Å². The van der Waals surface area contributed by atoms with E-state index < -0.39 is 12.7 Å². The summed E-state index contributed by atoms with van der Waals surface area (Å²) in [5, 5.41) is 6.49. The van der Waals surface area contributed by atoms with Crippen LogP contribution < -0.4 is 10.6 Å². The van der Waals surface area contributed by atoms with E-state index in [9.17, 15) is 13.6 Å². The van der Waals surface area contributed by atoms with Gasteiger partial charge in [-0.15, -0.1) is 0 Å². The third-order valence-corrected chi connectivity index (χ3v) is 6.51. The van der Waals surface area contributed by atoms with Gasteiger partial charge in [0.1, 0.15) is 11.6 Å². The molecule has 1 saturated carbocycles. The molecule has 1 aliphatic carbocycles. The van der Waals surface area contributed by atoms with Crippen molar-refractivity contribution in [1.29, 1.82) is 0 Å². The Morgan fingerprint density at radius 2 is 1.85 bits per heavy atom. The SMILES string of the molecule is CC[C@@H](Nc1nc(C)nc(CC(=O)NC2(C)CC2)c1C1OCCO1)c1cccc(C(F)F)c1C. The van der Waals surface area contributed by atoms with Crippen molar-refractivity contribution in [1.82, 2.24) is 15.3 Å². The quantitative estimate of drug-likeness (QED) is 0.540. The summed E-state index contributed by atoms with van der Waals surface area (Å²) in [6.07, 6.45) is -0.614. The van der Waals surface area contributed by atoms with Gasteiger partial charge in [-0.05, 0) is 51.2 Å². The second-order valence-corrected chi connectivity index (χ2v) is 9.31. The third kappa shape index (κ3) is 5.36. The highest BCUT2D eigenvalue weighted by Gasteiger charge is 2.39. The Labute approximate surface area is 198 Å². The van der Waals surface area contributed by atoms with Gasteiger partial charge in [-0.1, -0.05) is 25.1 Å². The number of amides is 1. The number of anilines is 1. The zero-order valence-corrected chi connectivity index (χ0v) is 20.1. The van der Waals surface area contributed by atoms with Gasteiger partial charge in [-0.3, -0.25) is 4.79 Å². The topological polar surface area (TPSA) is 85.4 Å². The number of aromatic nitrogens is 2. The number of halogens is 2. The summed E-state index contributed by atoms with van der Waals surface area (Å²) in [6, 6.07) is 4.68. The molecule has 9 heteroatoms. The molecule has 1 atom stereocenters. The van der Waals surface area contributed by atoms with Gasteiger partial charge in [0.05, 0.1) is 36.9 Å². The maximum atomic E-state index is 13.5. The molecule has 0 radical (unpaired) electrons. The largest absolute Gasteiger partial charge is 0.363 e. The lowest BCUT2D eigenvalue weighted by atomic mass is 9.95. The molecule has 1 aromatic carbocycles. The number of nitrogens with zero attached hydrogens (tertiary/aromatic N) is 2. The van der Waals surface area contributed by atoms with Crippen LogP contribution in [0.25, 0.3) is 0 Å². The summed E-state index contributed by atoms with van der Waals surface area (Å²) in [5.41, 5.74) is 2.33. The first-order valence-corrected chi connectivity index (χ1v) is 11.8. The van der Waals surface area contributed by atoms with E-state index in [1.54, 1.807) is 19.9 Å². The van der Waals surface area contributed by atoms with Gasteiger partial charge in [0.25, 0.3) is 6.43 Å². The maximum absolute atomic E-state index is 13.5. The lowest BCUT2D eigenvalue weighted by molar-refractivity contribution is -0.121. The van der Waals surface area contributed by atoms with E-state index in [4.69, 9.17) is 9.47 Å². The molecule has 2 N–H and O–H groups in total. The van der Waals surface area contributed by atoms with Gasteiger partial charge in [-0.2, -0.15) is 0 Å². The predicted octanol–water partition coefficient (Wildman–Crippen LogP) is 4.85. The number of ether oxygens (including phenoxy) is 2. The smallest absolute Gasteiger partial charge is 0.264 e. The molecule has 184 valence electrons. The van der Waals surface area contributed by atoms with Crippen LogP contribution in [-0.4, -0.2) is 34.6 Å². The second kappa shape index (κ2) is 9.92. The fourth-order valence-electron chi connectivity index (χ4n) is 4.35. The van der Waals surface area contributed by atoms with E-state index in [1.165, 1.54) is 6.07 Å². The normalized spacial score (nSPS) is 18.2. The number of hydrogen-bond donors (Lipinski definition) is 2. The van der Waals surface area contributed by atoms with E-state index in [0.717, 1.165) is 18.4 Å². The number of nitrogens with one attached hydrogen (secondary N) is 2. The van der Waals surface area contributed by atoms with Crippen molar-refractivity contribution < 1.29 is 23.0 Å². The number of carbonyl (C=O) groups excluding carboxylic acids is 1. The van der Waals surface area contributed by atoms with Gasteiger partial charge in [0, 0.05) is 11.1 Å². The fourth-order valence-corrected chi connectivity index (χ4v) is 4.35. The van der Waals surface area contributed by atoms with Crippen molar-refractivity contribution in [3.63, 3.8) is 0 Å². The molecule has 2 fully saturated rings. The minimum Gasteiger partial charge on any atom is -0.363 e. The first-order chi connectivity index (χ1) is 16.2. The van der Waals surface area contributed by atoms with Crippen LogP contribution in [0.15, 0.2) is 18.2 Å². The summed E-state index contributed by atoms with van der Waals surface area (Å²) < 4.78 is 38.6. The molecule has 0 bridgehead atoms. The summed E-state index contributed by atoms with van der Waals surface area (Å²) in [5.74, 6) is 0.877. The second-order valence-electron chi connectivity index (χ2n) is 9.31. The van der Waals surface area contributed by atoms with Crippen molar-refractivity contribution in [2.24, 2.45) is 0 Å². The van der Waals surface area contributed by atoms with Crippen molar-refractivity contribution in [3.05, 3.63) is 52.0 Å². The monoisotopic (exact) mass is 474 g/mol. The summed E-state index contributed by atoms with van der Waals surface area (Å²) in [7, 11) is 0. The van der Waals surface area contributed by atoms with Crippen molar-refractivity contribution in [2.45, 2.75) is 77.7 Å². The Bertz CT molecular complexity index is 1050. The standard InChI is InChI=1S/C25H32F2N4O3/c1-5-18(16-7-6-8-17(14(16)2)22(26)27)30-23-21(24-33-11-12-34-24)19(28-15(3)29-23)13-20(32)31-25(4)9-10-25/h6-8,18,22,24H,5,9-13H2,1-4H3,(H,31,32)(H,28,29,30)/t18-/m1/s1. The van der Waals surface area contributed by atoms with Crippen LogP contribution in [-0.2, 0) is 20.7 Å². The van der Waals surface area contributed by atoms with E-state index in [-0.39, 0.29) is 29.5 Å². The van der Waals surface area contributed by atoms with E-state index in [1.807, 2.05) is 19.9 Å². The lowest BCUT2D eigenvalue weighted by Crippen LogP contribution is -2.36. The number of benzene rings is 1. The summed E-state index contributed by atoms with van der Waals surface area (Å²) in [4.78, 5) is 21.9. The number of carbonyl (C=O) groups is 1. The zero-order valence-electron chi connectivity index (χ0n) is 20.1. The number of aryl methyl sites for hydroxylation is 1. The minimum atomic E-state index is -2.55. The molecule has 4 rings (SSSR count). The third-order valence-electron chi connectivity index (χ3n) is 6.51. The molecule has 0 spiro atoms. The molecule has 2 aromatic rings. The molecule has 2 aliphatic rings. The van der Waals surface area contributed by atoms with Crippen LogP contribution in [0.3, 0.4) is 0 Å². The number of alkyl halides is 2. The Balaban J connectivity index is 1.69. The Kier molecular flexibility index (Phi) is 7.14. The molecule has 1 saturated heterocycles. The Morgan fingerprint density at radius 3 is 2.47 bits per heavy atom. The average Bonchev–Trinajstić information content (AvgIpc) is 3.26. The van der Waals surface area contributed by atoms with Gasteiger partial charge >= 0.3 is 0 Å². The molecule has 0 unspecified atom stereocenters. The van der Waals surface area contributed by atoms with Crippen molar-refractivity contribution in [2.75, 3.05) is 18.5 Å². The van der Waals surface area contributed by atoms with E-state index in [0.29, 0.717) is 48.1 Å². The van der Waals surface area contributed by atoms with Crippen LogP contribution in [0.1, 0.15) is 85.6 Å². The highest BCUT2D eigenvalue weighted by Crippen LogP contribution is 2.37. The van der Waals surface area contributed by atoms with Crippen LogP contribution in [0, 0.1) is 13.8 Å². The molecular weight excluding hydrogens is 442 g/mol. The van der Waals surface area contributed by atoms with Crippen LogP contribution in [0.2, 0.25) is 0 Å². The first kappa shape index (κ1) is 24.5. The highest BCUT2D eigenvalue weighted by molar-refractivity contribution is 5.80. The van der Waals surface area contributed by atoms with Crippen LogP contribution >= 0.6 is 0 Å². The van der Waals surface area contributed by atoms with Gasteiger partial charge in [0.2, 0.25) is 5.91 Å². The summed E-state index contributed by atoms with van der Waals surface area (Å²) >= 11 is 0. The van der Waals surface area contributed by atoms with Crippen LogP contribution in [0.5, 0.6) is 0 Å². The number of hydrogen-bond acceptors (Lipinski definition) is 6. The van der Waals surface area contributed by atoms with Gasteiger partial charge in [0.15, 0.2) is 6.29 Å². The van der Waals surface area contributed by atoms with Gasteiger partial charge in [-0.25, -0.2) is 18.7 Å². The summed E-state index contributed by atoms with van der Waals surface area (Å²) in [6.45, 7) is 8.33. The molecule has 2 heterocycles. The molecule has 34 heavy (non-hydrogen) atoms. The predicted molar refractivity (Wildman–Crippen MR) is 124 cm³/mol. The molecule has 1 amide bonds. The lowest BCUT2D eigenvalue weighted by Gasteiger charge is -2.25. The molecule has 7 nitrogen and oxygen atoms in total. The Hall–Kier alpha value is -2.65. The minimum absolute atomic E-state index is 0.0187.